The fourth-order valence-electron chi connectivity index (χ4n) is 3.15. The summed E-state index contributed by atoms with van der Waals surface area (Å²) in [6, 6.07) is 25.8. The maximum absolute atomic E-state index is 14.5. The Morgan fingerprint density at radius 1 is 0.882 bits per heavy atom. The van der Waals surface area contributed by atoms with Gasteiger partial charge in [-0.1, -0.05) is 59.8 Å². The Morgan fingerprint density at radius 3 is 2.03 bits per heavy atom. The van der Waals surface area contributed by atoms with Gasteiger partial charge in [-0.15, -0.1) is 0 Å². The van der Waals surface area contributed by atoms with Crippen LogP contribution in [0.15, 0.2) is 109 Å². The third-order valence-corrected chi connectivity index (χ3v) is 6.70. The van der Waals surface area contributed by atoms with Crippen LogP contribution in [0, 0.1) is 0 Å². The molecule has 0 amide bonds. The van der Waals surface area contributed by atoms with Crippen molar-refractivity contribution in [3.63, 3.8) is 0 Å². The van der Waals surface area contributed by atoms with Gasteiger partial charge >= 0.3 is 7.60 Å². The van der Waals surface area contributed by atoms with E-state index in [1.54, 1.807) is 91.3 Å². The summed E-state index contributed by atoms with van der Waals surface area (Å²) in [5.41, 5.74) is 6.71. The second-order valence-electron chi connectivity index (χ2n) is 7.08. The van der Waals surface area contributed by atoms with E-state index in [1.807, 2.05) is 12.1 Å². The molecule has 1 unspecified atom stereocenters. The molecular formula is C24H22N5O4P. The molecule has 0 saturated carbocycles. The molecule has 1 aromatic heterocycles. The van der Waals surface area contributed by atoms with Crippen molar-refractivity contribution in [2.45, 2.75) is 5.78 Å². The molecule has 0 aliphatic rings. The summed E-state index contributed by atoms with van der Waals surface area (Å²) < 4.78 is 26.6. The number of amidine groups is 1. The standard InChI is InChI=1S/C24H22N5O4P/c25-22(29-30)18-9-7-10-19(17-18)23(28-24-26-15-8-16-27-24)34(31,32-20-11-3-1-4-12-20)33-21-13-5-2-6-14-21/h1-17,23,30H,(H2,25,29)(H,26,27,28). The van der Waals surface area contributed by atoms with Gasteiger partial charge in [0.2, 0.25) is 5.95 Å². The first-order valence-electron chi connectivity index (χ1n) is 10.3. The van der Waals surface area contributed by atoms with Crippen LogP contribution in [-0.4, -0.2) is 21.0 Å². The lowest BCUT2D eigenvalue weighted by atomic mass is 10.1. The molecule has 0 saturated heterocycles. The molecule has 0 radical (unpaired) electrons. The summed E-state index contributed by atoms with van der Waals surface area (Å²) in [5, 5.41) is 15.3. The summed E-state index contributed by atoms with van der Waals surface area (Å²) in [6.45, 7) is 0. The van der Waals surface area contributed by atoms with Crippen LogP contribution in [0.1, 0.15) is 16.9 Å². The van der Waals surface area contributed by atoms with E-state index in [-0.39, 0.29) is 11.8 Å². The van der Waals surface area contributed by atoms with E-state index in [2.05, 4.69) is 20.4 Å². The highest BCUT2D eigenvalue weighted by atomic mass is 31.2. The number of rotatable bonds is 9. The van der Waals surface area contributed by atoms with Crippen molar-refractivity contribution in [2.75, 3.05) is 5.32 Å². The van der Waals surface area contributed by atoms with Gasteiger partial charge in [-0.2, -0.15) is 0 Å². The summed E-state index contributed by atoms with van der Waals surface area (Å²) >= 11 is 0. The molecule has 4 N–H and O–H groups in total. The second-order valence-corrected chi connectivity index (χ2v) is 9.04. The van der Waals surface area contributed by atoms with Gasteiger partial charge in [0, 0.05) is 18.0 Å². The minimum absolute atomic E-state index is 0.0978. The van der Waals surface area contributed by atoms with Crippen molar-refractivity contribution in [1.29, 1.82) is 0 Å². The number of para-hydroxylation sites is 2. The molecule has 0 aliphatic heterocycles. The van der Waals surface area contributed by atoms with Crippen LogP contribution in [-0.2, 0) is 4.57 Å². The lowest BCUT2D eigenvalue weighted by Gasteiger charge is -2.28. The molecule has 34 heavy (non-hydrogen) atoms. The van der Waals surface area contributed by atoms with Crippen molar-refractivity contribution in [2.24, 2.45) is 10.9 Å². The minimum atomic E-state index is -4.05. The average Bonchev–Trinajstić information content (AvgIpc) is 2.88. The largest absolute Gasteiger partial charge is 0.457 e. The summed E-state index contributed by atoms with van der Waals surface area (Å²) in [4.78, 5) is 8.40. The molecule has 4 aromatic rings. The Bertz CT molecular complexity index is 1250. The average molecular weight is 475 g/mol. The first-order valence-corrected chi connectivity index (χ1v) is 11.9. The maximum Gasteiger partial charge on any atom is 0.457 e. The van der Waals surface area contributed by atoms with E-state index < -0.39 is 13.4 Å². The van der Waals surface area contributed by atoms with E-state index in [9.17, 15) is 4.57 Å². The maximum atomic E-state index is 14.5. The summed E-state index contributed by atoms with van der Waals surface area (Å²) in [7, 11) is -4.05. The predicted octanol–water partition coefficient (Wildman–Crippen LogP) is 5.03. The van der Waals surface area contributed by atoms with E-state index in [1.165, 1.54) is 0 Å². The van der Waals surface area contributed by atoms with Gasteiger partial charge in [0.1, 0.15) is 11.5 Å². The zero-order valence-electron chi connectivity index (χ0n) is 17.9. The van der Waals surface area contributed by atoms with E-state index in [4.69, 9.17) is 20.0 Å². The Labute approximate surface area is 196 Å². The molecule has 4 rings (SSSR count). The number of hydrogen-bond donors (Lipinski definition) is 3. The second kappa shape index (κ2) is 10.5. The van der Waals surface area contributed by atoms with Crippen LogP contribution < -0.4 is 20.1 Å². The monoisotopic (exact) mass is 475 g/mol. The number of nitrogens with two attached hydrogens (primary N) is 1. The van der Waals surface area contributed by atoms with Crippen LogP contribution in [0.2, 0.25) is 0 Å². The van der Waals surface area contributed by atoms with Crippen molar-refractivity contribution in [1.82, 2.24) is 9.97 Å². The van der Waals surface area contributed by atoms with Gasteiger partial charge in [-0.25, -0.2) is 14.5 Å². The Morgan fingerprint density at radius 2 is 1.47 bits per heavy atom. The summed E-state index contributed by atoms with van der Waals surface area (Å²) in [6.07, 6.45) is 3.11. The first-order chi connectivity index (χ1) is 16.6. The molecule has 0 bridgehead atoms. The quantitative estimate of drug-likeness (QED) is 0.101. The molecule has 9 nitrogen and oxygen atoms in total. The van der Waals surface area contributed by atoms with Gasteiger partial charge < -0.3 is 25.3 Å². The van der Waals surface area contributed by atoms with Gasteiger partial charge in [-0.3, -0.25) is 0 Å². The normalized spacial score (nSPS) is 12.5. The molecule has 172 valence electrons. The Balaban J connectivity index is 1.84. The third kappa shape index (κ3) is 5.51. The lowest BCUT2D eigenvalue weighted by molar-refractivity contribution is 0.318. The van der Waals surface area contributed by atoms with Crippen LogP contribution in [0.3, 0.4) is 0 Å². The van der Waals surface area contributed by atoms with Crippen LogP contribution in [0.4, 0.5) is 5.95 Å². The van der Waals surface area contributed by atoms with Gasteiger partial charge in [0.15, 0.2) is 11.6 Å². The Kier molecular flexibility index (Phi) is 7.05. The van der Waals surface area contributed by atoms with Crippen molar-refractivity contribution >= 4 is 19.4 Å². The highest BCUT2D eigenvalue weighted by molar-refractivity contribution is 7.55. The number of anilines is 1. The predicted molar refractivity (Wildman–Crippen MR) is 129 cm³/mol. The van der Waals surface area contributed by atoms with E-state index >= 15 is 0 Å². The number of nitrogens with zero attached hydrogens (tertiary/aromatic N) is 3. The van der Waals surface area contributed by atoms with Crippen LogP contribution in [0.5, 0.6) is 11.5 Å². The Hall–Kier alpha value is -4.36. The zero-order valence-corrected chi connectivity index (χ0v) is 18.8. The minimum Gasteiger partial charge on any atom is -0.414 e. The SMILES string of the molecule is NC(=NO)c1cccc(C(Nc2ncccn2)P(=O)(Oc2ccccc2)Oc2ccccc2)c1. The molecule has 3 aromatic carbocycles. The molecule has 10 heteroatoms. The molecule has 0 fully saturated rings. The van der Waals surface area contributed by atoms with E-state index in [0.717, 1.165) is 0 Å². The van der Waals surface area contributed by atoms with Gasteiger partial charge in [0.25, 0.3) is 0 Å². The highest BCUT2D eigenvalue weighted by Crippen LogP contribution is 2.60. The molecule has 1 heterocycles. The number of oxime groups is 1. The fraction of sp³-hybridized carbons (Fsp3) is 0.0417. The van der Waals surface area contributed by atoms with Crippen molar-refractivity contribution in [3.05, 3.63) is 115 Å². The van der Waals surface area contributed by atoms with Crippen LogP contribution >= 0.6 is 7.60 Å². The number of benzene rings is 3. The lowest BCUT2D eigenvalue weighted by Crippen LogP contribution is -2.20. The molecular weight excluding hydrogens is 453 g/mol. The third-order valence-electron chi connectivity index (χ3n) is 4.71. The topological polar surface area (TPSA) is 132 Å². The fourth-order valence-corrected chi connectivity index (χ4v) is 5.03. The first kappa shape index (κ1) is 22.8. The van der Waals surface area contributed by atoms with Crippen LogP contribution in [0.25, 0.3) is 0 Å². The summed E-state index contributed by atoms with van der Waals surface area (Å²) in [5.74, 6) is -0.221. The van der Waals surface area contributed by atoms with Gasteiger partial charge in [0.05, 0.1) is 0 Å². The van der Waals surface area contributed by atoms with Gasteiger partial charge in [-0.05, 0) is 42.0 Å². The molecule has 1 atom stereocenters. The zero-order chi connectivity index (χ0) is 23.8. The highest BCUT2D eigenvalue weighted by Gasteiger charge is 2.41. The number of hydrogen-bond acceptors (Lipinski definition) is 8. The molecule has 0 aliphatic carbocycles. The number of aromatic nitrogens is 2. The van der Waals surface area contributed by atoms with Crippen molar-refractivity contribution < 1.29 is 18.8 Å². The van der Waals surface area contributed by atoms with Crippen molar-refractivity contribution in [3.8, 4) is 11.5 Å². The smallest absolute Gasteiger partial charge is 0.414 e. The number of nitrogens with one attached hydrogen (secondary N) is 1. The molecule has 0 spiro atoms. The van der Waals surface area contributed by atoms with E-state index in [0.29, 0.717) is 22.6 Å².